The number of pyridine rings is 1. The lowest BCUT2D eigenvalue weighted by Gasteiger charge is -2.24. The van der Waals surface area contributed by atoms with Gasteiger partial charge in [-0.15, -0.1) is 0 Å². The zero-order valence-corrected chi connectivity index (χ0v) is 9.55. The quantitative estimate of drug-likeness (QED) is 0.835. The summed E-state index contributed by atoms with van der Waals surface area (Å²) < 4.78 is 0. The van der Waals surface area contributed by atoms with E-state index in [4.69, 9.17) is 5.73 Å². The fraction of sp³-hybridized carbons (Fsp3) is 0.615. The zero-order valence-electron chi connectivity index (χ0n) is 9.55. The Bertz CT molecular complexity index is 347. The van der Waals surface area contributed by atoms with E-state index in [0.717, 1.165) is 12.6 Å². The van der Waals surface area contributed by atoms with E-state index >= 15 is 0 Å². The third-order valence-corrected chi connectivity index (χ3v) is 3.87. The molecule has 1 aliphatic heterocycles. The van der Waals surface area contributed by atoms with Gasteiger partial charge in [-0.25, -0.2) is 0 Å². The predicted octanol–water partition coefficient (Wildman–Crippen LogP) is 1.57. The second-order valence-corrected chi connectivity index (χ2v) is 5.06. The predicted molar refractivity (Wildman–Crippen MR) is 63.9 cm³/mol. The summed E-state index contributed by atoms with van der Waals surface area (Å²) in [5.41, 5.74) is 7.23. The Kier molecular flexibility index (Phi) is 2.65. The number of likely N-dealkylation sites (tertiary alicyclic amines) is 1. The summed E-state index contributed by atoms with van der Waals surface area (Å²) in [6, 6.07) is 5.72. The Morgan fingerprint density at radius 1 is 1.31 bits per heavy atom. The average molecular weight is 217 g/mol. The van der Waals surface area contributed by atoms with Crippen LogP contribution in [0, 0.1) is 5.92 Å². The molecule has 1 aromatic rings. The van der Waals surface area contributed by atoms with Gasteiger partial charge in [-0.1, -0.05) is 0 Å². The Morgan fingerprint density at radius 2 is 2.06 bits per heavy atom. The molecule has 3 rings (SSSR count). The molecule has 1 saturated carbocycles. The van der Waals surface area contributed by atoms with E-state index in [-0.39, 0.29) is 0 Å². The summed E-state index contributed by atoms with van der Waals surface area (Å²) in [4.78, 5) is 6.76. The van der Waals surface area contributed by atoms with Crippen LogP contribution in [0.4, 0.5) is 0 Å². The fourth-order valence-electron chi connectivity index (χ4n) is 2.84. The van der Waals surface area contributed by atoms with Gasteiger partial charge in [-0.3, -0.25) is 9.88 Å². The van der Waals surface area contributed by atoms with Gasteiger partial charge in [0, 0.05) is 31.0 Å². The van der Waals surface area contributed by atoms with E-state index in [1.165, 1.54) is 31.4 Å². The first-order valence-corrected chi connectivity index (χ1v) is 6.24. The topological polar surface area (TPSA) is 42.1 Å². The van der Waals surface area contributed by atoms with E-state index in [0.29, 0.717) is 12.0 Å². The van der Waals surface area contributed by atoms with Crippen molar-refractivity contribution in [3.05, 3.63) is 30.1 Å². The maximum atomic E-state index is 5.82. The van der Waals surface area contributed by atoms with E-state index in [1.54, 1.807) is 0 Å². The number of hydrogen-bond donors (Lipinski definition) is 1. The van der Waals surface area contributed by atoms with Crippen molar-refractivity contribution in [3.63, 3.8) is 0 Å². The molecule has 3 nitrogen and oxygen atoms in total. The summed E-state index contributed by atoms with van der Waals surface area (Å²) in [6.45, 7) is 2.01. The van der Waals surface area contributed by atoms with Crippen molar-refractivity contribution in [2.75, 3.05) is 13.1 Å². The van der Waals surface area contributed by atoms with E-state index in [2.05, 4.69) is 22.0 Å². The van der Waals surface area contributed by atoms with Gasteiger partial charge in [-0.05, 0) is 49.4 Å². The summed E-state index contributed by atoms with van der Waals surface area (Å²) in [7, 11) is 0. The third kappa shape index (κ3) is 1.85. The van der Waals surface area contributed by atoms with Gasteiger partial charge in [0.1, 0.15) is 0 Å². The van der Waals surface area contributed by atoms with Crippen molar-refractivity contribution in [2.24, 2.45) is 11.7 Å². The van der Waals surface area contributed by atoms with Gasteiger partial charge in [0.05, 0.1) is 0 Å². The van der Waals surface area contributed by atoms with Crippen molar-refractivity contribution >= 4 is 0 Å². The molecule has 0 spiro atoms. The molecule has 2 unspecified atom stereocenters. The Hall–Kier alpha value is -0.930. The van der Waals surface area contributed by atoms with Crippen LogP contribution in [-0.4, -0.2) is 29.0 Å². The highest BCUT2D eigenvalue weighted by Gasteiger charge is 2.40. The molecule has 1 aromatic heterocycles. The van der Waals surface area contributed by atoms with E-state index < -0.39 is 0 Å². The van der Waals surface area contributed by atoms with Crippen LogP contribution in [0.1, 0.15) is 30.9 Å². The molecular formula is C13H19N3. The molecule has 0 amide bonds. The van der Waals surface area contributed by atoms with Crippen molar-refractivity contribution < 1.29 is 0 Å². The standard InChI is InChI=1S/C13H19N3/c14-8-10-7-13(11-3-5-15-6-4-11)16(9-10)12-1-2-12/h3-6,10,12-13H,1-2,7-9,14H2. The molecule has 2 N–H and O–H groups in total. The van der Waals surface area contributed by atoms with Gasteiger partial charge in [0.25, 0.3) is 0 Å². The molecule has 0 bridgehead atoms. The Morgan fingerprint density at radius 3 is 2.69 bits per heavy atom. The van der Waals surface area contributed by atoms with E-state index in [9.17, 15) is 0 Å². The minimum atomic E-state index is 0.587. The first-order chi connectivity index (χ1) is 7.88. The van der Waals surface area contributed by atoms with Gasteiger partial charge in [-0.2, -0.15) is 0 Å². The molecule has 3 heteroatoms. The summed E-state index contributed by atoms with van der Waals surface area (Å²) in [5, 5.41) is 0. The highest BCUT2D eigenvalue weighted by atomic mass is 15.2. The lowest BCUT2D eigenvalue weighted by molar-refractivity contribution is 0.243. The van der Waals surface area contributed by atoms with Crippen LogP contribution in [0.5, 0.6) is 0 Å². The molecule has 1 aliphatic carbocycles. The third-order valence-electron chi connectivity index (χ3n) is 3.87. The lowest BCUT2D eigenvalue weighted by atomic mass is 10.0. The van der Waals surface area contributed by atoms with E-state index in [1.807, 2.05) is 12.4 Å². The molecule has 1 saturated heterocycles. The Labute approximate surface area is 96.7 Å². The van der Waals surface area contributed by atoms with Crippen molar-refractivity contribution in [1.29, 1.82) is 0 Å². The monoisotopic (exact) mass is 217 g/mol. The van der Waals surface area contributed by atoms with Gasteiger partial charge in [0.15, 0.2) is 0 Å². The number of rotatable bonds is 3. The van der Waals surface area contributed by atoms with Crippen LogP contribution in [0.15, 0.2) is 24.5 Å². The van der Waals surface area contributed by atoms with Crippen LogP contribution in [0.3, 0.4) is 0 Å². The minimum absolute atomic E-state index is 0.587. The summed E-state index contributed by atoms with van der Waals surface area (Å²) >= 11 is 0. The van der Waals surface area contributed by atoms with Gasteiger partial charge < -0.3 is 5.73 Å². The molecule has 0 radical (unpaired) electrons. The lowest BCUT2D eigenvalue weighted by Crippen LogP contribution is -2.27. The number of nitrogens with two attached hydrogens (primary N) is 1. The Balaban J connectivity index is 1.81. The first-order valence-electron chi connectivity index (χ1n) is 6.24. The second-order valence-electron chi connectivity index (χ2n) is 5.06. The van der Waals surface area contributed by atoms with Crippen LogP contribution in [0.2, 0.25) is 0 Å². The molecule has 86 valence electrons. The van der Waals surface area contributed by atoms with Crippen molar-refractivity contribution in [2.45, 2.75) is 31.3 Å². The number of aromatic nitrogens is 1. The molecule has 2 heterocycles. The van der Waals surface area contributed by atoms with Gasteiger partial charge in [0.2, 0.25) is 0 Å². The molecule has 2 aliphatic rings. The highest BCUT2D eigenvalue weighted by Crippen LogP contribution is 2.42. The normalized spacial score (nSPS) is 30.8. The number of nitrogens with zero attached hydrogens (tertiary/aromatic N) is 2. The van der Waals surface area contributed by atoms with Crippen molar-refractivity contribution in [1.82, 2.24) is 9.88 Å². The SMILES string of the molecule is NCC1CC(c2ccncc2)N(C2CC2)C1. The van der Waals surface area contributed by atoms with Crippen LogP contribution < -0.4 is 5.73 Å². The van der Waals surface area contributed by atoms with Crippen LogP contribution in [0.25, 0.3) is 0 Å². The largest absolute Gasteiger partial charge is 0.330 e. The maximum absolute atomic E-state index is 5.82. The zero-order chi connectivity index (χ0) is 11.0. The molecule has 2 atom stereocenters. The second kappa shape index (κ2) is 4.15. The average Bonchev–Trinajstić information content (AvgIpc) is 3.10. The first kappa shape index (κ1) is 10.2. The highest BCUT2D eigenvalue weighted by molar-refractivity contribution is 5.18. The van der Waals surface area contributed by atoms with Gasteiger partial charge >= 0.3 is 0 Å². The minimum Gasteiger partial charge on any atom is -0.330 e. The fourth-order valence-corrected chi connectivity index (χ4v) is 2.84. The maximum Gasteiger partial charge on any atom is 0.0355 e. The smallest absolute Gasteiger partial charge is 0.0355 e. The van der Waals surface area contributed by atoms with Crippen LogP contribution in [-0.2, 0) is 0 Å². The van der Waals surface area contributed by atoms with Crippen molar-refractivity contribution in [3.8, 4) is 0 Å². The molecule has 16 heavy (non-hydrogen) atoms. The summed E-state index contributed by atoms with van der Waals surface area (Å²) in [6.07, 6.45) is 7.77. The number of hydrogen-bond acceptors (Lipinski definition) is 3. The summed E-state index contributed by atoms with van der Waals surface area (Å²) in [5.74, 6) is 0.679. The molecule has 0 aromatic carbocycles. The van der Waals surface area contributed by atoms with Crippen LogP contribution >= 0.6 is 0 Å². The molecule has 2 fully saturated rings. The molecular weight excluding hydrogens is 198 g/mol.